The number of rotatable bonds is 5. The fourth-order valence-corrected chi connectivity index (χ4v) is 3.00. The van der Waals surface area contributed by atoms with Crippen molar-refractivity contribution in [2.45, 2.75) is 11.8 Å². The molecule has 0 saturated carbocycles. The molecule has 0 nitrogen and oxygen atoms in total. The van der Waals surface area contributed by atoms with Gasteiger partial charge in [-0.2, -0.15) is 0 Å². The van der Waals surface area contributed by atoms with E-state index in [0.29, 0.717) is 0 Å². The summed E-state index contributed by atoms with van der Waals surface area (Å²) in [5.74, 6) is -0.443. The lowest BCUT2D eigenvalue weighted by atomic mass is 9.78. The Hall–Kier alpha value is -1.12. The molecule has 2 aromatic carbocycles. The van der Waals surface area contributed by atoms with Gasteiger partial charge in [0.05, 0.1) is 0 Å². The van der Waals surface area contributed by atoms with Gasteiger partial charge in [-0.1, -0.05) is 30.3 Å². The lowest BCUT2D eigenvalue weighted by Crippen LogP contribution is -2.33. The Balaban J connectivity index is 2.42. The Bertz CT molecular complexity index is 566. The maximum atomic E-state index is 13.8. The van der Waals surface area contributed by atoms with E-state index in [1.165, 1.54) is 6.07 Å². The summed E-state index contributed by atoms with van der Waals surface area (Å²) in [7, 11) is 0. The van der Waals surface area contributed by atoms with Crippen LogP contribution in [0.5, 0.6) is 0 Å². The fraction of sp³-hybridized carbons (Fsp3) is 0.250. The van der Waals surface area contributed by atoms with Gasteiger partial charge in [0.15, 0.2) is 0 Å². The van der Waals surface area contributed by atoms with Gasteiger partial charge in [-0.15, -0.1) is 23.2 Å². The van der Waals surface area contributed by atoms with Crippen molar-refractivity contribution in [3.63, 3.8) is 0 Å². The van der Waals surface area contributed by atoms with E-state index in [4.69, 9.17) is 23.2 Å². The molecule has 0 spiro atoms. The molecule has 0 aliphatic heterocycles. The molecule has 0 unspecified atom stereocenters. The van der Waals surface area contributed by atoms with Crippen LogP contribution in [0, 0.1) is 11.6 Å². The molecule has 0 radical (unpaired) electrons. The number of benzene rings is 2. The summed E-state index contributed by atoms with van der Waals surface area (Å²) in [6, 6.07) is 12.9. The van der Waals surface area contributed by atoms with E-state index in [0.717, 1.165) is 17.7 Å². The summed E-state index contributed by atoms with van der Waals surface area (Å²) >= 11 is 12.2. The van der Waals surface area contributed by atoms with E-state index in [9.17, 15) is 8.78 Å². The molecule has 20 heavy (non-hydrogen) atoms. The Morgan fingerprint density at radius 2 is 1.55 bits per heavy atom. The molecule has 4 heteroatoms. The smallest absolute Gasteiger partial charge is 0.126 e. The van der Waals surface area contributed by atoms with E-state index < -0.39 is 17.0 Å². The van der Waals surface area contributed by atoms with Crippen LogP contribution in [0.25, 0.3) is 0 Å². The molecule has 0 heterocycles. The summed E-state index contributed by atoms with van der Waals surface area (Å²) in [5, 5.41) is 0. The van der Waals surface area contributed by atoms with Crippen LogP contribution < -0.4 is 0 Å². The Morgan fingerprint density at radius 1 is 0.900 bits per heavy atom. The molecular weight excluding hydrogens is 301 g/mol. The van der Waals surface area contributed by atoms with E-state index in [1.54, 1.807) is 0 Å². The van der Waals surface area contributed by atoms with Gasteiger partial charge < -0.3 is 0 Å². The topological polar surface area (TPSA) is 0 Å². The second kappa shape index (κ2) is 6.55. The van der Waals surface area contributed by atoms with Crippen LogP contribution in [0.3, 0.4) is 0 Å². The summed E-state index contributed by atoms with van der Waals surface area (Å²) in [6.07, 6.45) is 0.258. The lowest BCUT2D eigenvalue weighted by Gasteiger charge is -2.30. The van der Waals surface area contributed by atoms with Crippen LogP contribution in [0.15, 0.2) is 48.5 Å². The van der Waals surface area contributed by atoms with Crippen molar-refractivity contribution in [1.29, 1.82) is 0 Å². The number of hydrogen-bond donors (Lipinski definition) is 0. The first-order valence-corrected chi connectivity index (χ1v) is 7.29. The maximum Gasteiger partial charge on any atom is 0.126 e. The van der Waals surface area contributed by atoms with Crippen LogP contribution in [-0.4, -0.2) is 11.8 Å². The van der Waals surface area contributed by atoms with Crippen LogP contribution in [0.1, 0.15) is 11.1 Å². The largest absolute Gasteiger partial charge is 0.207 e. The minimum Gasteiger partial charge on any atom is -0.207 e. The molecule has 0 atom stereocenters. The molecule has 0 aromatic heterocycles. The third-order valence-electron chi connectivity index (χ3n) is 3.43. The molecular formula is C16H14Cl2F2. The van der Waals surface area contributed by atoms with Crippen molar-refractivity contribution in [2.24, 2.45) is 0 Å². The summed E-state index contributed by atoms with van der Waals surface area (Å²) in [5.41, 5.74) is 0.600. The third kappa shape index (κ3) is 3.13. The zero-order valence-corrected chi connectivity index (χ0v) is 12.3. The first-order chi connectivity index (χ1) is 9.61. The first-order valence-electron chi connectivity index (χ1n) is 6.23. The van der Waals surface area contributed by atoms with Gasteiger partial charge in [0.1, 0.15) is 11.6 Å². The zero-order valence-electron chi connectivity index (χ0n) is 10.8. The van der Waals surface area contributed by atoms with Gasteiger partial charge in [0, 0.05) is 17.2 Å². The average molecular weight is 315 g/mol. The molecule has 2 rings (SSSR count). The van der Waals surface area contributed by atoms with Crippen LogP contribution in [0.4, 0.5) is 8.78 Å². The summed E-state index contributed by atoms with van der Waals surface area (Å²) in [4.78, 5) is 0. The number of hydrogen-bond acceptors (Lipinski definition) is 0. The number of alkyl halides is 2. The summed E-state index contributed by atoms with van der Waals surface area (Å²) in [6.45, 7) is 0. The Kier molecular flexibility index (Phi) is 5.00. The van der Waals surface area contributed by atoms with E-state index in [-0.39, 0.29) is 23.7 Å². The lowest BCUT2D eigenvalue weighted by molar-refractivity contribution is 0.506. The normalized spacial score (nSPS) is 11.6. The van der Waals surface area contributed by atoms with Gasteiger partial charge in [-0.3, -0.25) is 0 Å². The quantitative estimate of drug-likeness (QED) is 0.687. The van der Waals surface area contributed by atoms with Crippen molar-refractivity contribution >= 4 is 23.2 Å². The molecule has 106 valence electrons. The molecule has 0 fully saturated rings. The second-order valence-corrected chi connectivity index (χ2v) is 5.36. The van der Waals surface area contributed by atoms with Crippen LogP contribution >= 0.6 is 23.2 Å². The average Bonchev–Trinajstić information content (AvgIpc) is 2.49. The highest BCUT2D eigenvalue weighted by Gasteiger charge is 2.32. The second-order valence-electron chi connectivity index (χ2n) is 4.83. The maximum absolute atomic E-state index is 13.8. The molecule has 0 aliphatic rings. The standard InChI is InChI=1S/C16H14Cl2F2/c17-10-16(11-18,13-4-2-1-3-5-13)9-12-8-14(19)6-7-15(12)20/h1-8H,9-11H2. The minimum atomic E-state index is -0.612. The van der Waals surface area contributed by atoms with E-state index in [1.807, 2.05) is 30.3 Å². The van der Waals surface area contributed by atoms with Gasteiger partial charge in [-0.05, 0) is 35.7 Å². The SMILES string of the molecule is Fc1ccc(F)c(CC(CCl)(CCl)c2ccccc2)c1. The van der Waals surface area contributed by atoms with Gasteiger partial charge in [0.25, 0.3) is 0 Å². The molecule has 0 N–H and O–H groups in total. The van der Waals surface area contributed by atoms with Crippen LogP contribution in [0.2, 0.25) is 0 Å². The molecule has 0 amide bonds. The fourth-order valence-electron chi connectivity index (χ4n) is 2.22. The Morgan fingerprint density at radius 3 is 2.15 bits per heavy atom. The predicted molar refractivity (Wildman–Crippen MR) is 79.6 cm³/mol. The van der Waals surface area contributed by atoms with Crippen molar-refractivity contribution in [3.8, 4) is 0 Å². The van der Waals surface area contributed by atoms with E-state index >= 15 is 0 Å². The monoisotopic (exact) mass is 314 g/mol. The third-order valence-corrected chi connectivity index (χ3v) is 4.46. The van der Waals surface area contributed by atoms with Gasteiger partial charge in [0.2, 0.25) is 0 Å². The molecule has 2 aromatic rings. The first kappa shape index (κ1) is 15.3. The van der Waals surface area contributed by atoms with Crippen molar-refractivity contribution in [1.82, 2.24) is 0 Å². The highest BCUT2D eigenvalue weighted by molar-refractivity contribution is 6.22. The van der Waals surface area contributed by atoms with Crippen LogP contribution in [-0.2, 0) is 11.8 Å². The van der Waals surface area contributed by atoms with E-state index in [2.05, 4.69) is 0 Å². The predicted octanol–water partition coefficient (Wildman–Crippen LogP) is 4.92. The Labute approximate surface area is 127 Å². The van der Waals surface area contributed by atoms with Crippen molar-refractivity contribution in [3.05, 3.63) is 71.3 Å². The number of halogens is 4. The van der Waals surface area contributed by atoms with Crippen molar-refractivity contribution in [2.75, 3.05) is 11.8 Å². The highest BCUT2D eigenvalue weighted by atomic mass is 35.5. The van der Waals surface area contributed by atoms with Crippen molar-refractivity contribution < 1.29 is 8.78 Å². The zero-order chi connectivity index (χ0) is 14.6. The molecule has 0 saturated heterocycles. The van der Waals surface area contributed by atoms with Gasteiger partial charge >= 0.3 is 0 Å². The highest BCUT2D eigenvalue weighted by Crippen LogP contribution is 2.32. The summed E-state index contributed by atoms with van der Waals surface area (Å²) < 4.78 is 27.1. The molecule has 0 aliphatic carbocycles. The minimum absolute atomic E-state index is 0.233. The molecule has 0 bridgehead atoms. The van der Waals surface area contributed by atoms with Gasteiger partial charge in [-0.25, -0.2) is 8.78 Å².